The van der Waals surface area contributed by atoms with Crippen molar-refractivity contribution < 1.29 is 14.6 Å². The van der Waals surface area contributed by atoms with Gasteiger partial charge >= 0.3 is 0 Å². The third-order valence-electron chi connectivity index (χ3n) is 4.18. The molecule has 0 aromatic heterocycles. The number of aliphatic hydroxyl groups is 1. The van der Waals surface area contributed by atoms with Crippen molar-refractivity contribution in [1.29, 1.82) is 0 Å². The molecule has 1 aliphatic rings. The Labute approximate surface area is 139 Å². The number of ether oxygens (including phenoxy) is 2. The third-order valence-corrected chi connectivity index (χ3v) is 4.18. The Balaban J connectivity index is 0.00000242. The fourth-order valence-electron chi connectivity index (χ4n) is 2.94. The molecule has 2 rings (SSSR count). The quantitative estimate of drug-likeness (QED) is 0.807. The van der Waals surface area contributed by atoms with Crippen LogP contribution in [0, 0.1) is 0 Å². The highest BCUT2D eigenvalue weighted by molar-refractivity contribution is 5.85. The number of rotatable bonds is 7. The molecule has 2 unspecified atom stereocenters. The number of nitrogens with one attached hydrogen (secondary N) is 1. The zero-order valence-corrected chi connectivity index (χ0v) is 14.3. The summed E-state index contributed by atoms with van der Waals surface area (Å²) in [6, 6.07) is 7.89. The van der Waals surface area contributed by atoms with Gasteiger partial charge in [-0.25, -0.2) is 0 Å². The maximum atomic E-state index is 11.2. The van der Waals surface area contributed by atoms with Crippen molar-refractivity contribution in [1.82, 2.24) is 5.32 Å². The molecule has 1 aliphatic heterocycles. The molecular weight excluding hydrogens is 302 g/mol. The van der Waals surface area contributed by atoms with Crippen molar-refractivity contribution in [3.8, 4) is 5.75 Å². The lowest BCUT2D eigenvalue weighted by molar-refractivity contribution is -0.123. The molecule has 1 saturated heterocycles. The van der Waals surface area contributed by atoms with Crippen molar-refractivity contribution in [2.24, 2.45) is 0 Å². The van der Waals surface area contributed by atoms with E-state index in [9.17, 15) is 5.11 Å². The molecule has 126 valence electrons. The predicted molar refractivity (Wildman–Crippen MR) is 91.0 cm³/mol. The predicted octanol–water partition coefficient (Wildman–Crippen LogP) is 2.57. The van der Waals surface area contributed by atoms with Gasteiger partial charge in [-0.1, -0.05) is 38.0 Å². The molecule has 2 atom stereocenters. The van der Waals surface area contributed by atoms with Crippen LogP contribution in [-0.4, -0.2) is 43.6 Å². The zero-order valence-electron chi connectivity index (χ0n) is 13.5. The summed E-state index contributed by atoms with van der Waals surface area (Å²) < 4.78 is 11.2. The molecule has 22 heavy (non-hydrogen) atoms. The molecule has 1 fully saturated rings. The smallest absolute Gasteiger partial charge is 0.122 e. The Morgan fingerprint density at radius 2 is 2.18 bits per heavy atom. The summed E-state index contributed by atoms with van der Waals surface area (Å²) in [5.74, 6) is 0.830. The summed E-state index contributed by atoms with van der Waals surface area (Å²) >= 11 is 0. The fraction of sp³-hybridized carbons (Fsp3) is 0.647. The van der Waals surface area contributed by atoms with Crippen LogP contribution in [0.5, 0.6) is 5.75 Å². The minimum absolute atomic E-state index is 0. The van der Waals surface area contributed by atoms with Gasteiger partial charge in [-0.3, -0.25) is 0 Å². The zero-order chi connectivity index (χ0) is 15.1. The van der Waals surface area contributed by atoms with Crippen LogP contribution >= 0.6 is 12.4 Å². The van der Waals surface area contributed by atoms with Gasteiger partial charge in [0, 0.05) is 19.5 Å². The third kappa shape index (κ3) is 4.85. The van der Waals surface area contributed by atoms with Gasteiger partial charge in [-0.2, -0.15) is 0 Å². The Kier molecular flexibility index (Phi) is 8.18. The number of hydrogen-bond acceptors (Lipinski definition) is 4. The maximum Gasteiger partial charge on any atom is 0.122 e. The molecule has 2 N–H and O–H groups in total. The minimum Gasteiger partial charge on any atom is -0.496 e. The van der Waals surface area contributed by atoms with Gasteiger partial charge in [-0.15, -0.1) is 12.4 Å². The first-order valence-electron chi connectivity index (χ1n) is 7.86. The lowest BCUT2D eigenvalue weighted by atomic mass is 9.83. The summed E-state index contributed by atoms with van der Waals surface area (Å²) in [4.78, 5) is 0. The van der Waals surface area contributed by atoms with Gasteiger partial charge in [0.2, 0.25) is 0 Å². The fourth-order valence-corrected chi connectivity index (χ4v) is 2.94. The van der Waals surface area contributed by atoms with Gasteiger partial charge in [0.1, 0.15) is 5.75 Å². The van der Waals surface area contributed by atoms with Gasteiger partial charge in [0.25, 0.3) is 0 Å². The van der Waals surface area contributed by atoms with Gasteiger partial charge in [0.05, 0.1) is 25.4 Å². The Hall–Kier alpha value is -0.810. The lowest BCUT2D eigenvalue weighted by Crippen LogP contribution is -2.54. The van der Waals surface area contributed by atoms with E-state index in [0.29, 0.717) is 19.6 Å². The van der Waals surface area contributed by atoms with E-state index in [0.717, 1.165) is 37.1 Å². The summed E-state index contributed by atoms with van der Waals surface area (Å²) in [6.07, 6.45) is 3.19. The number of unbranched alkanes of at least 4 members (excludes halogenated alkanes) is 1. The second-order valence-corrected chi connectivity index (χ2v) is 5.76. The van der Waals surface area contributed by atoms with E-state index in [1.807, 2.05) is 24.3 Å². The SMILES string of the molecule is CCCCC(O)(Cc1ccccc1OC)C1CNCCO1.Cl. The normalized spacial score (nSPS) is 20.8. The number of halogens is 1. The number of morpholine rings is 1. The number of hydrogen-bond donors (Lipinski definition) is 2. The molecule has 5 heteroatoms. The average molecular weight is 330 g/mol. The van der Waals surface area contributed by atoms with E-state index in [4.69, 9.17) is 9.47 Å². The highest BCUT2D eigenvalue weighted by Crippen LogP contribution is 2.30. The number of benzene rings is 1. The molecule has 1 aromatic rings. The monoisotopic (exact) mass is 329 g/mol. The van der Waals surface area contributed by atoms with Crippen LogP contribution in [-0.2, 0) is 11.2 Å². The van der Waals surface area contributed by atoms with Crippen molar-refractivity contribution in [2.45, 2.75) is 44.3 Å². The van der Waals surface area contributed by atoms with E-state index < -0.39 is 5.60 Å². The number of para-hydroxylation sites is 1. The van der Waals surface area contributed by atoms with Crippen LogP contribution in [0.3, 0.4) is 0 Å². The Morgan fingerprint density at radius 3 is 2.82 bits per heavy atom. The highest BCUT2D eigenvalue weighted by atomic mass is 35.5. The van der Waals surface area contributed by atoms with Crippen LogP contribution in [0.25, 0.3) is 0 Å². The summed E-state index contributed by atoms with van der Waals surface area (Å²) in [6.45, 7) is 4.36. The van der Waals surface area contributed by atoms with Crippen molar-refractivity contribution in [2.75, 3.05) is 26.8 Å². The molecule has 0 saturated carbocycles. The van der Waals surface area contributed by atoms with Crippen LogP contribution in [0.1, 0.15) is 31.7 Å². The molecular formula is C17H28ClNO3. The molecule has 0 amide bonds. The van der Waals surface area contributed by atoms with Crippen LogP contribution in [0.2, 0.25) is 0 Å². The lowest BCUT2D eigenvalue weighted by Gasteiger charge is -2.39. The van der Waals surface area contributed by atoms with E-state index in [1.54, 1.807) is 7.11 Å². The van der Waals surface area contributed by atoms with Gasteiger partial charge < -0.3 is 19.9 Å². The minimum atomic E-state index is -0.849. The van der Waals surface area contributed by atoms with Crippen LogP contribution in [0.4, 0.5) is 0 Å². The first kappa shape index (κ1) is 19.2. The summed E-state index contributed by atoms with van der Waals surface area (Å²) in [7, 11) is 1.67. The molecule has 4 nitrogen and oxygen atoms in total. The van der Waals surface area contributed by atoms with E-state index in [1.165, 1.54) is 0 Å². The van der Waals surface area contributed by atoms with E-state index >= 15 is 0 Å². The summed E-state index contributed by atoms with van der Waals surface area (Å²) in [5.41, 5.74) is 0.186. The molecule has 0 radical (unpaired) electrons. The average Bonchev–Trinajstić information content (AvgIpc) is 2.54. The topological polar surface area (TPSA) is 50.7 Å². The first-order chi connectivity index (χ1) is 10.2. The maximum absolute atomic E-state index is 11.2. The highest BCUT2D eigenvalue weighted by Gasteiger charge is 2.38. The van der Waals surface area contributed by atoms with Crippen molar-refractivity contribution >= 4 is 12.4 Å². The molecule has 1 aromatic carbocycles. The van der Waals surface area contributed by atoms with E-state index in [-0.39, 0.29) is 18.5 Å². The first-order valence-corrected chi connectivity index (χ1v) is 7.86. The van der Waals surface area contributed by atoms with Crippen molar-refractivity contribution in [3.05, 3.63) is 29.8 Å². The summed E-state index contributed by atoms with van der Waals surface area (Å²) in [5, 5.41) is 14.5. The molecule has 0 bridgehead atoms. The van der Waals surface area contributed by atoms with Gasteiger partial charge in [-0.05, 0) is 18.1 Å². The van der Waals surface area contributed by atoms with Crippen molar-refractivity contribution in [3.63, 3.8) is 0 Å². The standard InChI is InChI=1S/C17H27NO3.ClH/c1-3-4-9-17(19,16-13-18-10-11-21-16)12-14-7-5-6-8-15(14)20-2;/h5-8,16,18-19H,3-4,9-13H2,1-2H3;1H. The largest absolute Gasteiger partial charge is 0.496 e. The van der Waals surface area contributed by atoms with E-state index in [2.05, 4.69) is 12.2 Å². The molecule has 0 aliphatic carbocycles. The Morgan fingerprint density at radius 1 is 1.41 bits per heavy atom. The molecule has 1 heterocycles. The van der Waals surface area contributed by atoms with Crippen LogP contribution < -0.4 is 10.1 Å². The van der Waals surface area contributed by atoms with Crippen LogP contribution in [0.15, 0.2) is 24.3 Å². The molecule has 0 spiro atoms. The number of methoxy groups -OCH3 is 1. The Bertz CT molecular complexity index is 438. The second kappa shape index (κ2) is 9.36. The second-order valence-electron chi connectivity index (χ2n) is 5.76. The van der Waals surface area contributed by atoms with Gasteiger partial charge in [0.15, 0.2) is 0 Å².